The summed E-state index contributed by atoms with van der Waals surface area (Å²) >= 11 is 1.36. The summed E-state index contributed by atoms with van der Waals surface area (Å²) in [4.78, 5) is 25.7. The van der Waals surface area contributed by atoms with Crippen molar-refractivity contribution in [1.29, 1.82) is 0 Å². The molecule has 0 radical (unpaired) electrons. The van der Waals surface area contributed by atoms with E-state index < -0.39 is 5.63 Å². The number of aryl methyl sites for hydroxylation is 1. The van der Waals surface area contributed by atoms with Crippen molar-refractivity contribution in [1.82, 2.24) is 0 Å². The topological polar surface area (TPSA) is 72.5 Å². The zero-order valence-corrected chi connectivity index (χ0v) is 16.9. The Kier molecular flexibility index (Phi) is 4.48. The number of carbonyl (C=O) groups excluding carboxylic acids is 1. The predicted molar refractivity (Wildman–Crippen MR) is 119 cm³/mol. The number of thiophene rings is 1. The van der Waals surface area contributed by atoms with E-state index in [-0.39, 0.29) is 5.91 Å². The number of carbonyl (C=O) groups is 1. The Bertz CT molecular complexity index is 1440. The standard InChI is InChI=1S/C24H17NO4S/c1-2-14-9-10-19-16(12-14)17(13-21(26)28-19)23-22(15-6-3-4-7-18(15)29-23)25-24(27)20-8-5-11-30-20/h3-13H,2H2,1H3,(H,25,27). The molecule has 148 valence electrons. The van der Waals surface area contributed by atoms with Gasteiger partial charge in [0.25, 0.3) is 5.91 Å². The maximum atomic E-state index is 12.8. The summed E-state index contributed by atoms with van der Waals surface area (Å²) in [7, 11) is 0. The Morgan fingerprint density at radius 2 is 1.80 bits per heavy atom. The van der Waals surface area contributed by atoms with Crippen molar-refractivity contribution in [2.24, 2.45) is 0 Å². The minimum absolute atomic E-state index is 0.223. The molecule has 0 fully saturated rings. The summed E-state index contributed by atoms with van der Waals surface area (Å²) < 4.78 is 11.5. The summed E-state index contributed by atoms with van der Waals surface area (Å²) in [6.45, 7) is 2.06. The number of benzene rings is 2. The number of fused-ring (bicyclic) bond motifs is 2. The predicted octanol–water partition coefficient (Wildman–Crippen LogP) is 6.08. The molecule has 2 aromatic carbocycles. The number of para-hydroxylation sites is 1. The van der Waals surface area contributed by atoms with E-state index in [2.05, 4.69) is 12.2 Å². The van der Waals surface area contributed by atoms with Gasteiger partial charge in [0.1, 0.15) is 11.2 Å². The van der Waals surface area contributed by atoms with Crippen LogP contribution >= 0.6 is 11.3 Å². The van der Waals surface area contributed by atoms with Gasteiger partial charge in [-0.2, -0.15) is 0 Å². The number of furan rings is 1. The molecule has 3 heterocycles. The van der Waals surface area contributed by atoms with Crippen LogP contribution in [0.1, 0.15) is 22.2 Å². The van der Waals surface area contributed by atoms with Crippen molar-refractivity contribution in [3.05, 3.63) is 86.9 Å². The number of nitrogens with one attached hydrogen (secondary N) is 1. The summed E-state index contributed by atoms with van der Waals surface area (Å²) in [5, 5.41) is 6.38. The Labute approximate surface area is 175 Å². The number of hydrogen-bond acceptors (Lipinski definition) is 5. The molecule has 0 atom stereocenters. The Morgan fingerprint density at radius 3 is 2.60 bits per heavy atom. The SMILES string of the molecule is CCc1ccc2oc(=O)cc(-c3oc4ccccc4c3NC(=O)c3cccs3)c2c1. The van der Waals surface area contributed by atoms with Crippen LogP contribution in [0.25, 0.3) is 33.3 Å². The monoisotopic (exact) mass is 415 g/mol. The second kappa shape index (κ2) is 7.31. The molecule has 30 heavy (non-hydrogen) atoms. The van der Waals surface area contributed by atoms with E-state index in [1.807, 2.05) is 47.8 Å². The molecule has 0 aliphatic heterocycles. The summed E-state index contributed by atoms with van der Waals surface area (Å²) in [5.41, 5.74) is 2.87. The Morgan fingerprint density at radius 1 is 0.967 bits per heavy atom. The molecule has 3 aromatic heterocycles. The second-order valence-electron chi connectivity index (χ2n) is 6.90. The van der Waals surface area contributed by atoms with E-state index in [9.17, 15) is 9.59 Å². The smallest absolute Gasteiger partial charge is 0.336 e. The second-order valence-corrected chi connectivity index (χ2v) is 7.84. The molecule has 0 aliphatic rings. The molecule has 0 spiro atoms. The van der Waals surface area contributed by atoms with Crippen LogP contribution < -0.4 is 10.9 Å². The molecule has 5 rings (SSSR count). The molecule has 0 aliphatic carbocycles. The molecule has 1 amide bonds. The fraction of sp³-hybridized carbons (Fsp3) is 0.0833. The molecular formula is C24H17NO4S. The van der Waals surface area contributed by atoms with Crippen molar-refractivity contribution in [2.75, 3.05) is 5.32 Å². The largest absolute Gasteiger partial charge is 0.454 e. The Balaban J connectivity index is 1.77. The zero-order chi connectivity index (χ0) is 20.7. The lowest BCUT2D eigenvalue weighted by atomic mass is 10.0. The van der Waals surface area contributed by atoms with Crippen LogP contribution in [-0.2, 0) is 6.42 Å². The average molecular weight is 415 g/mol. The van der Waals surface area contributed by atoms with Gasteiger partial charge in [-0.25, -0.2) is 4.79 Å². The molecular weight excluding hydrogens is 398 g/mol. The lowest BCUT2D eigenvalue weighted by Gasteiger charge is -2.08. The molecule has 5 aromatic rings. The van der Waals surface area contributed by atoms with E-state index in [1.165, 1.54) is 17.4 Å². The van der Waals surface area contributed by atoms with Crippen LogP contribution in [0.3, 0.4) is 0 Å². The minimum Gasteiger partial charge on any atom is -0.454 e. The number of anilines is 1. The van der Waals surface area contributed by atoms with Gasteiger partial charge in [0.05, 0.1) is 10.6 Å². The van der Waals surface area contributed by atoms with Crippen LogP contribution in [0.2, 0.25) is 0 Å². The summed E-state index contributed by atoms with van der Waals surface area (Å²) in [5.74, 6) is 0.214. The number of rotatable bonds is 4. The van der Waals surface area contributed by atoms with Gasteiger partial charge in [0, 0.05) is 22.4 Å². The highest BCUT2D eigenvalue weighted by molar-refractivity contribution is 7.12. The van der Waals surface area contributed by atoms with E-state index in [4.69, 9.17) is 8.83 Å². The first-order valence-corrected chi connectivity index (χ1v) is 10.5. The van der Waals surface area contributed by atoms with E-state index in [0.29, 0.717) is 33.1 Å². The molecule has 5 nitrogen and oxygen atoms in total. The highest BCUT2D eigenvalue weighted by Gasteiger charge is 2.22. The third-order valence-electron chi connectivity index (χ3n) is 5.04. The van der Waals surface area contributed by atoms with E-state index in [0.717, 1.165) is 22.8 Å². The quantitative estimate of drug-likeness (QED) is 0.361. The van der Waals surface area contributed by atoms with Crippen molar-refractivity contribution < 1.29 is 13.6 Å². The first-order valence-electron chi connectivity index (χ1n) is 9.57. The highest BCUT2D eigenvalue weighted by atomic mass is 32.1. The first-order chi connectivity index (χ1) is 14.6. The van der Waals surface area contributed by atoms with Crippen LogP contribution in [0.5, 0.6) is 0 Å². The summed E-state index contributed by atoms with van der Waals surface area (Å²) in [6.07, 6.45) is 0.844. The van der Waals surface area contributed by atoms with Crippen molar-refractivity contribution in [2.45, 2.75) is 13.3 Å². The van der Waals surface area contributed by atoms with Gasteiger partial charge < -0.3 is 14.2 Å². The fourth-order valence-electron chi connectivity index (χ4n) is 3.56. The van der Waals surface area contributed by atoms with Crippen LogP contribution in [0.15, 0.2) is 79.7 Å². The van der Waals surface area contributed by atoms with Crippen molar-refractivity contribution in [3.8, 4) is 11.3 Å². The summed E-state index contributed by atoms with van der Waals surface area (Å²) in [6, 6.07) is 18.2. The van der Waals surface area contributed by atoms with Gasteiger partial charge in [-0.15, -0.1) is 11.3 Å². The number of amides is 1. The normalized spacial score (nSPS) is 11.2. The zero-order valence-electron chi connectivity index (χ0n) is 16.1. The van der Waals surface area contributed by atoms with E-state index in [1.54, 1.807) is 12.1 Å². The third-order valence-corrected chi connectivity index (χ3v) is 5.91. The van der Waals surface area contributed by atoms with Gasteiger partial charge >= 0.3 is 5.63 Å². The molecule has 0 saturated heterocycles. The van der Waals surface area contributed by atoms with Crippen molar-refractivity contribution >= 4 is 44.9 Å². The van der Waals surface area contributed by atoms with Gasteiger partial charge in [-0.3, -0.25) is 4.79 Å². The van der Waals surface area contributed by atoms with Crippen LogP contribution in [0, 0.1) is 0 Å². The maximum absolute atomic E-state index is 12.8. The van der Waals surface area contributed by atoms with E-state index >= 15 is 0 Å². The molecule has 6 heteroatoms. The Hall–Kier alpha value is -3.64. The molecule has 0 unspecified atom stereocenters. The minimum atomic E-state index is -0.474. The maximum Gasteiger partial charge on any atom is 0.336 e. The van der Waals surface area contributed by atoms with Gasteiger partial charge in [0.15, 0.2) is 5.76 Å². The lowest BCUT2D eigenvalue weighted by Crippen LogP contribution is -2.10. The fourth-order valence-corrected chi connectivity index (χ4v) is 4.18. The third kappa shape index (κ3) is 3.11. The van der Waals surface area contributed by atoms with Crippen LogP contribution in [0.4, 0.5) is 5.69 Å². The average Bonchev–Trinajstić information content (AvgIpc) is 3.42. The van der Waals surface area contributed by atoms with Crippen LogP contribution in [-0.4, -0.2) is 5.91 Å². The van der Waals surface area contributed by atoms with Gasteiger partial charge in [-0.1, -0.05) is 31.2 Å². The molecule has 0 saturated carbocycles. The highest BCUT2D eigenvalue weighted by Crippen LogP contribution is 2.40. The number of hydrogen-bond donors (Lipinski definition) is 1. The molecule has 1 N–H and O–H groups in total. The van der Waals surface area contributed by atoms with Crippen molar-refractivity contribution in [3.63, 3.8) is 0 Å². The molecule has 0 bridgehead atoms. The van der Waals surface area contributed by atoms with Gasteiger partial charge in [-0.05, 0) is 47.7 Å². The lowest BCUT2D eigenvalue weighted by molar-refractivity contribution is 0.103. The van der Waals surface area contributed by atoms with Gasteiger partial charge in [0.2, 0.25) is 0 Å². The first kappa shape index (κ1) is 18.4.